The molecule has 14 nitrogen and oxygen atoms in total. The first kappa shape index (κ1) is 31.9. The number of nitrogens with zero attached hydrogens (tertiary/aromatic N) is 4. The van der Waals surface area contributed by atoms with Crippen molar-refractivity contribution in [2.75, 3.05) is 8.61 Å². The van der Waals surface area contributed by atoms with Crippen LogP contribution in [0.15, 0.2) is 36.4 Å². The molecule has 0 bridgehead atoms. The van der Waals surface area contributed by atoms with E-state index in [1.54, 1.807) is 0 Å². The number of halogens is 6. The summed E-state index contributed by atoms with van der Waals surface area (Å²) in [5, 5.41) is 22.2. The van der Waals surface area contributed by atoms with Crippen LogP contribution in [0.25, 0.3) is 0 Å². The molecule has 0 atom stereocenters. The molecule has 2 amide bonds. The average Bonchev–Trinajstić information content (AvgIpc) is 2.79. The van der Waals surface area contributed by atoms with Crippen molar-refractivity contribution in [3.63, 3.8) is 0 Å². The largest absolute Gasteiger partial charge is 0.517 e. The summed E-state index contributed by atoms with van der Waals surface area (Å²) in [6.07, 6.45) is 0. The lowest BCUT2D eigenvalue weighted by Gasteiger charge is -2.28. The summed E-state index contributed by atoms with van der Waals surface area (Å²) < 4.78 is 128. The Balaban J connectivity index is 3.00. The van der Waals surface area contributed by atoms with E-state index in [1.165, 1.54) is 0 Å². The Bertz CT molecular complexity index is 1520. The van der Waals surface area contributed by atoms with Gasteiger partial charge in [-0.25, -0.2) is 0 Å². The molecule has 0 spiro atoms. The van der Waals surface area contributed by atoms with Gasteiger partial charge in [0, 0.05) is 24.3 Å². The molecule has 0 aliphatic rings. The quantitative estimate of drug-likeness (QED) is 0.200. The maximum atomic E-state index is 13.5. The maximum absolute atomic E-state index is 13.5. The monoisotopic (exact) mass is 622 g/mol. The molecule has 22 heteroatoms. The van der Waals surface area contributed by atoms with E-state index in [1.807, 2.05) is 0 Å². The summed E-state index contributed by atoms with van der Waals surface area (Å²) in [7, 11) is -14.2. The summed E-state index contributed by atoms with van der Waals surface area (Å²) in [4.78, 5) is 45.7. The van der Waals surface area contributed by atoms with Crippen molar-refractivity contribution >= 4 is 54.6 Å². The predicted octanol–water partition coefficient (Wildman–Crippen LogP) is 3.19. The van der Waals surface area contributed by atoms with Gasteiger partial charge in [0.25, 0.3) is 11.4 Å². The smallest absolute Gasteiger partial charge is 0.262 e. The molecule has 0 aliphatic carbocycles. The van der Waals surface area contributed by atoms with Gasteiger partial charge in [-0.05, 0) is 25.0 Å². The number of non-ortho nitro benzene ring substituents is 2. The average molecular weight is 622 g/mol. The maximum Gasteiger partial charge on any atom is 0.517 e. The zero-order valence-corrected chi connectivity index (χ0v) is 21.1. The standard InChI is InChI=1S/C18H12F6N4O10S2/c1-9-3-5-11(27(31)32)7-13(9)25(39(35,36)17(19,20)21)15(29)16(30)26(40(37,38)18(22,23)24)14-8-12(28(33)34)6-4-10(14)2/h3-8H,1-2H3. The van der Waals surface area contributed by atoms with Crippen LogP contribution in [-0.2, 0) is 29.6 Å². The summed E-state index contributed by atoms with van der Waals surface area (Å²) in [6.45, 7) is 1.59. The van der Waals surface area contributed by atoms with E-state index in [-0.39, 0.29) is 12.1 Å². The zero-order valence-electron chi connectivity index (χ0n) is 19.4. The summed E-state index contributed by atoms with van der Waals surface area (Å²) in [5.41, 5.74) is -19.6. The van der Waals surface area contributed by atoms with Crippen LogP contribution in [0.4, 0.5) is 49.1 Å². The number of benzene rings is 2. The van der Waals surface area contributed by atoms with Crippen LogP contribution in [0.3, 0.4) is 0 Å². The molecule has 40 heavy (non-hydrogen) atoms. The summed E-state index contributed by atoms with van der Waals surface area (Å²) >= 11 is 0. The van der Waals surface area contributed by atoms with E-state index in [2.05, 4.69) is 0 Å². The lowest BCUT2D eigenvalue weighted by Crippen LogP contribution is -2.55. The predicted molar refractivity (Wildman–Crippen MR) is 121 cm³/mol. The Hall–Kier alpha value is -4.34. The number of nitro groups is 2. The van der Waals surface area contributed by atoms with Gasteiger partial charge >= 0.3 is 42.9 Å². The van der Waals surface area contributed by atoms with Crippen molar-refractivity contribution in [3.05, 3.63) is 67.8 Å². The zero-order chi connectivity index (χ0) is 31.2. The molecular formula is C18H12F6N4O10S2. The number of alkyl halides is 6. The first-order chi connectivity index (χ1) is 18.0. The highest BCUT2D eigenvalue weighted by Crippen LogP contribution is 2.38. The van der Waals surface area contributed by atoms with Gasteiger partial charge in [-0.1, -0.05) is 12.1 Å². The number of rotatable bonds is 6. The van der Waals surface area contributed by atoms with Crippen LogP contribution in [0.1, 0.15) is 11.1 Å². The van der Waals surface area contributed by atoms with Gasteiger partial charge in [0.1, 0.15) is 0 Å². The second kappa shape index (κ2) is 10.3. The lowest BCUT2D eigenvalue weighted by atomic mass is 10.1. The Morgan fingerprint density at radius 2 is 0.950 bits per heavy atom. The topological polar surface area (TPSA) is 195 Å². The third-order valence-corrected chi connectivity index (χ3v) is 7.72. The van der Waals surface area contributed by atoms with Gasteiger partial charge < -0.3 is 0 Å². The fourth-order valence-corrected chi connectivity index (χ4v) is 4.86. The molecule has 0 saturated heterocycles. The van der Waals surface area contributed by atoms with Gasteiger partial charge in [-0.2, -0.15) is 51.8 Å². The highest BCUT2D eigenvalue weighted by Gasteiger charge is 2.58. The molecule has 0 unspecified atom stereocenters. The molecule has 0 radical (unpaired) electrons. The van der Waals surface area contributed by atoms with Crippen molar-refractivity contribution in [2.24, 2.45) is 0 Å². The summed E-state index contributed by atoms with van der Waals surface area (Å²) in [5.74, 6) is -6.17. The number of nitro benzene ring substituents is 2. The fraction of sp³-hybridized carbons (Fsp3) is 0.222. The van der Waals surface area contributed by atoms with Crippen LogP contribution >= 0.6 is 0 Å². The minimum atomic E-state index is -7.10. The number of carbonyl (C=O) groups is 2. The van der Waals surface area contributed by atoms with Crippen molar-refractivity contribution in [3.8, 4) is 0 Å². The number of aryl methyl sites for hydroxylation is 2. The molecule has 2 aromatic rings. The van der Waals surface area contributed by atoms with E-state index in [9.17, 15) is 73.0 Å². The van der Waals surface area contributed by atoms with Crippen LogP contribution in [-0.4, -0.2) is 49.5 Å². The van der Waals surface area contributed by atoms with Crippen LogP contribution < -0.4 is 8.61 Å². The normalized spacial score (nSPS) is 12.5. The first-order valence-corrected chi connectivity index (χ1v) is 12.7. The van der Waals surface area contributed by atoms with E-state index < -0.39 is 95.2 Å². The van der Waals surface area contributed by atoms with E-state index >= 15 is 0 Å². The van der Waals surface area contributed by atoms with Crippen LogP contribution in [0, 0.1) is 34.1 Å². The van der Waals surface area contributed by atoms with E-state index in [0.717, 1.165) is 13.8 Å². The second-order valence-corrected chi connectivity index (χ2v) is 11.1. The number of hydrogen-bond donors (Lipinski definition) is 0. The molecule has 0 aliphatic heterocycles. The summed E-state index contributed by atoms with van der Waals surface area (Å²) in [6, 6.07) is 2.64. The van der Waals surface area contributed by atoms with Crippen LogP contribution in [0.2, 0.25) is 0 Å². The molecule has 0 N–H and O–H groups in total. The van der Waals surface area contributed by atoms with Gasteiger partial charge in [-0.3, -0.25) is 29.8 Å². The molecule has 0 heterocycles. The highest BCUT2D eigenvalue weighted by atomic mass is 32.2. The third-order valence-electron chi connectivity index (χ3n) is 4.86. The molecule has 0 aromatic heterocycles. The number of amides is 2. The van der Waals surface area contributed by atoms with Crippen molar-refractivity contribution in [2.45, 2.75) is 24.9 Å². The molecule has 2 aromatic carbocycles. The van der Waals surface area contributed by atoms with Crippen molar-refractivity contribution in [1.29, 1.82) is 0 Å². The van der Waals surface area contributed by atoms with Crippen molar-refractivity contribution in [1.82, 2.24) is 0 Å². The Kier molecular flexibility index (Phi) is 8.23. The minimum Gasteiger partial charge on any atom is -0.262 e. The number of carbonyl (C=O) groups excluding carboxylic acids is 2. The van der Waals surface area contributed by atoms with E-state index in [0.29, 0.717) is 24.3 Å². The van der Waals surface area contributed by atoms with Crippen molar-refractivity contribution < 1.29 is 62.6 Å². The molecule has 0 saturated carbocycles. The Morgan fingerprint density at radius 3 is 1.18 bits per heavy atom. The Morgan fingerprint density at radius 1 is 0.675 bits per heavy atom. The lowest BCUT2D eigenvalue weighted by molar-refractivity contribution is -0.385. The third kappa shape index (κ3) is 5.66. The Labute approximate surface area is 218 Å². The van der Waals surface area contributed by atoms with Gasteiger partial charge in [0.05, 0.1) is 21.2 Å². The van der Waals surface area contributed by atoms with Gasteiger partial charge in [-0.15, -0.1) is 0 Å². The fourth-order valence-electron chi connectivity index (χ4n) is 2.94. The number of sulfonamides is 2. The second-order valence-electron chi connectivity index (χ2n) is 7.50. The van der Waals surface area contributed by atoms with Gasteiger partial charge in [0.15, 0.2) is 0 Å². The molecule has 2 rings (SSSR count). The SMILES string of the molecule is Cc1ccc([N+](=O)[O-])cc1N(C(=O)C(=O)N(c1cc([N+](=O)[O-])ccc1C)S(=O)(=O)C(F)(F)F)S(=O)(=O)C(F)(F)F. The van der Waals surface area contributed by atoms with Crippen LogP contribution in [0.5, 0.6) is 0 Å². The molecular weight excluding hydrogens is 610 g/mol. The number of hydrogen-bond acceptors (Lipinski definition) is 10. The van der Waals surface area contributed by atoms with Gasteiger partial charge in [0.2, 0.25) is 0 Å². The highest BCUT2D eigenvalue weighted by molar-refractivity contribution is 7.95. The molecule has 218 valence electrons. The first-order valence-electron chi connectivity index (χ1n) is 9.78. The molecule has 0 fully saturated rings. The number of anilines is 2. The minimum absolute atomic E-state index is 0.0605. The van der Waals surface area contributed by atoms with E-state index in [4.69, 9.17) is 0 Å².